The number of anilines is 1. The van der Waals surface area contributed by atoms with Gasteiger partial charge in [0.25, 0.3) is 0 Å². The minimum absolute atomic E-state index is 0.145. The van der Waals surface area contributed by atoms with Crippen molar-refractivity contribution >= 4 is 33.5 Å². The molecule has 0 atom stereocenters. The third kappa shape index (κ3) is 3.02. The molecule has 1 aromatic heterocycles. The van der Waals surface area contributed by atoms with Crippen molar-refractivity contribution in [3.63, 3.8) is 0 Å². The van der Waals surface area contributed by atoms with Gasteiger partial charge in [0.05, 0.1) is 12.7 Å². The van der Waals surface area contributed by atoms with Crippen LogP contribution in [0.15, 0.2) is 21.7 Å². The van der Waals surface area contributed by atoms with E-state index in [2.05, 4.69) is 25.9 Å². The van der Waals surface area contributed by atoms with E-state index in [4.69, 9.17) is 15.9 Å². The van der Waals surface area contributed by atoms with Crippen LogP contribution in [0.4, 0.5) is 5.82 Å². The Hall–Kier alpha value is -1.43. The van der Waals surface area contributed by atoms with Crippen LogP contribution in [0.3, 0.4) is 0 Å². The summed E-state index contributed by atoms with van der Waals surface area (Å²) in [5.41, 5.74) is 6.25. The molecule has 0 aliphatic rings. The lowest BCUT2D eigenvalue weighted by molar-refractivity contribution is 0.405. The van der Waals surface area contributed by atoms with Gasteiger partial charge in [-0.05, 0) is 28.9 Å². The molecule has 5 nitrogen and oxygen atoms in total. The van der Waals surface area contributed by atoms with E-state index >= 15 is 0 Å². The van der Waals surface area contributed by atoms with E-state index in [1.165, 1.54) is 7.11 Å². The number of nitrogens with two attached hydrogens (primary N) is 1. The number of aromatic nitrogens is 1. The molecule has 0 spiro atoms. The zero-order valence-electron chi connectivity index (χ0n) is 8.41. The molecule has 0 unspecified atom stereocenters. The van der Waals surface area contributed by atoms with Crippen LogP contribution in [-0.2, 0) is 4.74 Å². The summed E-state index contributed by atoms with van der Waals surface area (Å²) in [6.45, 7) is 1.56. The fourth-order valence-electron chi connectivity index (χ4n) is 0.989. The van der Waals surface area contributed by atoms with Crippen LogP contribution < -0.4 is 5.73 Å². The highest BCUT2D eigenvalue weighted by atomic mass is 79.9. The van der Waals surface area contributed by atoms with Gasteiger partial charge in [-0.3, -0.25) is 5.41 Å². The number of pyridine rings is 1. The van der Waals surface area contributed by atoms with Gasteiger partial charge in [0.2, 0.25) is 5.90 Å². The lowest BCUT2D eigenvalue weighted by Gasteiger charge is -2.07. The van der Waals surface area contributed by atoms with Crippen molar-refractivity contribution < 1.29 is 4.74 Å². The fraction of sp³-hybridized carbons (Fsp3) is 0.222. The SMILES string of the molecule is COC(=NC(C)=N)c1cc(Br)cnc1N. The van der Waals surface area contributed by atoms with E-state index < -0.39 is 0 Å². The molecular formula is C9H11BrN4O. The molecule has 3 N–H and O–H groups in total. The number of nitrogens with zero attached hydrogens (tertiary/aromatic N) is 2. The largest absolute Gasteiger partial charge is 0.480 e. The molecule has 6 heteroatoms. The van der Waals surface area contributed by atoms with Crippen LogP contribution >= 0.6 is 15.9 Å². The lowest BCUT2D eigenvalue weighted by atomic mass is 10.2. The molecule has 80 valence electrons. The van der Waals surface area contributed by atoms with Gasteiger partial charge in [-0.25, -0.2) is 4.98 Å². The van der Waals surface area contributed by atoms with Crippen LogP contribution in [0.1, 0.15) is 12.5 Å². The Morgan fingerprint density at radius 2 is 2.33 bits per heavy atom. The first kappa shape index (κ1) is 11.6. The number of halogens is 1. The van der Waals surface area contributed by atoms with E-state index in [1.807, 2.05) is 0 Å². The van der Waals surface area contributed by atoms with Crippen molar-refractivity contribution in [3.8, 4) is 0 Å². The molecular weight excluding hydrogens is 260 g/mol. The molecule has 0 aromatic carbocycles. The highest BCUT2D eigenvalue weighted by molar-refractivity contribution is 9.10. The number of hydrogen-bond acceptors (Lipinski definition) is 4. The van der Waals surface area contributed by atoms with Crippen molar-refractivity contribution in [2.45, 2.75) is 6.92 Å². The molecule has 0 amide bonds. The Labute approximate surface area is 96.0 Å². The monoisotopic (exact) mass is 270 g/mol. The predicted octanol–water partition coefficient (Wildman–Crippen LogP) is 1.82. The molecule has 0 bridgehead atoms. The quantitative estimate of drug-likeness (QED) is 0.603. The Kier molecular flexibility index (Phi) is 3.79. The number of nitrogens with one attached hydrogen (secondary N) is 1. The molecule has 0 saturated heterocycles. The molecule has 0 radical (unpaired) electrons. The number of nitrogen functional groups attached to an aromatic ring is 1. The second-order valence-corrected chi connectivity index (χ2v) is 3.71. The van der Waals surface area contributed by atoms with E-state index in [0.717, 1.165) is 4.47 Å². The summed E-state index contributed by atoms with van der Waals surface area (Å²) in [6.07, 6.45) is 1.59. The Bertz CT molecular complexity index is 417. The van der Waals surface area contributed by atoms with Crippen molar-refractivity contribution in [2.75, 3.05) is 12.8 Å². The van der Waals surface area contributed by atoms with Gasteiger partial charge < -0.3 is 10.5 Å². The third-order valence-electron chi connectivity index (χ3n) is 1.58. The maximum absolute atomic E-state index is 7.26. The molecule has 1 rings (SSSR count). The minimum Gasteiger partial charge on any atom is -0.480 e. The molecule has 0 fully saturated rings. The van der Waals surface area contributed by atoms with Gasteiger partial charge in [-0.2, -0.15) is 4.99 Å². The zero-order valence-corrected chi connectivity index (χ0v) is 10.00. The van der Waals surface area contributed by atoms with Gasteiger partial charge in [-0.15, -0.1) is 0 Å². The summed E-state index contributed by atoms with van der Waals surface area (Å²) in [4.78, 5) is 7.86. The van der Waals surface area contributed by atoms with E-state index in [1.54, 1.807) is 19.2 Å². The molecule has 0 aliphatic carbocycles. The van der Waals surface area contributed by atoms with Gasteiger partial charge in [0, 0.05) is 10.7 Å². The number of amidine groups is 1. The zero-order chi connectivity index (χ0) is 11.4. The average Bonchev–Trinajstić information content (AvgIpc) is 2.18. The topological polar surface area (TPSA) is 84.3 Å². The second kappa shape index (κ2) is 4.88. The summed E-state index contributed by atoms with van der Waals surface area (Å²) < 4.78 is 5.83. The third-order valence-corrected chi connectivity index (χ3v) is 2.01. The first-order valence-electron chi connectivity index (χ1n) is 4.14. The van der Waals surface area contributed by atoms with Gasteiger partial charge in [-0.1, -0.05) is 0 Å². The van der Waals surface area contributed by atoms with Crippen LogP contribution in [0, 0.1) is 5.41 Å². The second-order valence-electron chi connectivity index (χ2n) is 2.79. The minimum atomic E-state index is 0.145. The van der Waals surface area contributed by atoms with Crippen LogP contribution in [0.5, 0.6) is 0 Å². The highest BCUT2D eigenvalue weighted by Gasteiger charge is 2.10. The Balaban J connectivity index is 3.23. The summed E-state index contributed by atoms with van der Waals surface area (Å²) >= 11 is 3.28. The summed E-state index contributed by atoms with van der Waals surface area (Å²) in [5.74, 6) is 0.750. The number of rotatable bonds is 1. The average molecular weight is 271 g/mol. The van der Waals surface area contributed by atoms with Crippen molar-refractivity contribution in [3.05, 3.63) is 22.3 Å². The molecule has 1 heterocycles. The van der Waals surface area contributed by atoms with Crippen LogP contribution in [0.25, 0.3) is 0 Å². The Morgan fingerprint density at radius 3 is 2.87 bits per heavy atom. The first-order chi connectivity index (χ1) is 7.04. The summed E-state index contributed by atoms with van der Waals surface area (Å²) in [7, 11) is 1.47. The smallest absolute Gasteiger partial charge is 0.226 e. The first-order valence-corrected chi connectivity index (χ1v) is 4.93. The molecule has 0 aliphatic heterocycles. The lowest BCUT2D eigenvalue weighted by Crippen LogP contribution is -2.10. The molecule has 15 heavy (non-hydrogen) atoms. The summed E-state index contributed by atoms with van der Waals surface area (Å²) in [5, 5.41) is 7.26. The number of ether oxygens (including phenoxy) is 1. The normalized spacial score (nSPS) is 11.3. The number of hydrogen-bond donors (Lipinski definition) is 2. The fourth-order valence-corrected chi connectivity index (χ4v) is 1.32. The predicted molar refractivity (Wildman–Crippen MR) is 63.3 cm³/mol. The van der Waals surface area contributed by atoms with Crippen molar-refractivity contribution in [1.29, 1.82) is 5.41 Å². The van der Waals surface area contributed by atoms with E-state index in [9.17, 15) is 0 Å². The highest BCUT2D eigenvalue weighted by Crippen LogP contribution is 2.16. The maximum atomic E-state index is 7.26. The standard InChI is InChI=1S/C9H11BrN4O/c1-5(11)14-9(15-2)7-3-6(10)4-13-8(7)12/h3-4,11H,1-2H3,(H2,12,13). The van der Waals surface area contributed by atoms with E-state index in [-0.39, 0.29) is 11.7 Å². The molecule has 1 aromatic rings. The van der Waals surface area contributed by atoms with Gasteiger partial charge in [0.1, 0.15) is 11.7 Å². The summed E-state index contributed by atoms with van der Waals surface area (Å²) in [6, 6.07) is 1.74. The number of methoxy groups -OCH3 is 1. The molecule has 0 saturated carbocycles. The van der Waals surface area contributed by atoms with E-state index in [0.29, 0.717) is 11.4 Å². The van der Waals surface area contributed by atoms with Crippen LogP contribution in [0.2, 0.25) is 0 Å². The number of aliphatic imine (C=N–C) groups is 1. The Morgan fingerprint density at radius 1 is 1.67 bits per heavy atom. The van der Waals surface area contributed by atoms with Crippen molar-refractivity contribution in [1.82, 2.24) is 4.98 Å². The van der Waals surface area contributed by atoms with Crippen molar-refractivity contribution in [2.24, 2.45) is 4.99 Å². The van der Waals surface area contributed by atoms with Gasteiger partial charge in [0.15, 0.2) is 0 Å². The van der Waals surface area contributed by atoms with Crippen LogP contribution in [-0.4, -0.2) is 23.8 Å². The maximum Gasteiger partial charge on any atom is 0.226 e. The van der Waals surface area contributed by atoms with Gasteiger partial charge >= 0.3 is 0 Å².